The van der Waals surface area contributed by atoms with Crippen LogP contribution in [0.1, 0.15) is 39.5 Å². The van der Waals surface area contributed by atoms with Gasteiger partial charge in [0.15, 0.2) is 0 Å². The van der Waals surface area contributed by atoms with Gasteiger partial charge in [0.2, 0.25) is 0 Å². The summed E-state index contributed by atoms with van der Waals surface area (Å²) in [7, 11) is -3.97. The zero-order valence-electron chi connectivity index (χ0n) is 13.9. The largest absolute Gasteiger partial charge is 0.329 e. The van der Waals surface area contributed by atoms with Gasteiger partial charge in [0.05, 0.1) is 11.1 Å². The molecule has 0 spiro atoms. The summed E-state index contributed by atoms with van der Waals surface area (Å²) >= 11 is 0. The molecule has 130 valence electrons. The molecule has 6 nitrogen and oxygen atoms in total. The van der Waals surface area contributed by atoms with Crippen LogP contribution in [0.5, 0.6) is 0 Å². The van der Waals surface area contributed by atoms with E-state index in [0.29, 0.717) is 24.3 Å². The van der Waals surface area contributed by atoms with Crippen molar-refractivity contribution < 1.29 is 17.5 Å². The van der Waals surface area contributed by atoms with Gasteiger partial charge in [-0.15, -0.1) is 0 Å². The minimum absolute atomic E-state index is 0.0173. The zero-order valence-corrected chi connectivity index (χ0v) is 14.7. The Hall–Kier alpha value is -1.50. The Morgan fingerprint density at radius 1 is 1.33 bits per heavy atom. The number of hydrogen-bond donors (Lipinski definition) is 1. The number of ketones is 1. The molecule has 3 fully saturated rings. The molecule has 4 bridgehead atoms. The Morgan fingerprint density at radius 2 is 2.04 bits per heavy atom. The maximum atomic E-state index is 12.5. The van der Waals surface area contributed by atoms with Gasteiger partial charge in [-0.25, -0.2) is 0 Å². The van der Waals surface area contributed by atoms with Crippen molar-refractivity contribution in [1.82, 2.24) is 0 Å². The molecule has 0 saturated heterocycles. The van der Waals surface area contributed by atoms with E-state index in [9.17, 15) is 13.2 Å². The fraction of sp³-hybridized carbons (Fsp3) is 0.706. The van der Waals surface area contributed by atoms with Crippen LogP contribution in [0.25, 0.3) is 0 Å². The van der Waals surface area contributed by atoms with Crippen molar-refractivity contribution in [2.75, 3.05) is 5.75 Å². The molecule has 0 aromatic carbocycles. The number of carbonyl (C=O) groups is 1. The molecule has 4 aliphatic carbocycles. The summed E-state index contributed by atoms with van der Waals surface area (Å²) < 4.78 is 29.9. The van der Waals surface area contributed by atoms with Crippen molar-refractivity contribution >= 4 is 27.3 Å². The molecule has 7 heteroatoms. The number of Topliss-reactive ketones (excluding diaryl/α,β-unsaturated/α-hetero) is 1. The van der Waals surface area contributed by atoms with Crippen LogP contribution in [-0.2, 0) is 19.2 Å². The molecule has 4 rings (SSSR count). The van der Waals surface area contributed by atoms with Crippen molar-refractivity contribution in [3.05, 3.63) is 12.2 Å². The highest BCUT2D eigenvalue weighted by Crippen LogP contribution is 2.64. The molecule has 0 amide bonds. The third-order valence-electron chi connectivity index (χ3n) is 6.89. The van der Waals surface area contributed by atoms with E-state index >= 15 is 0 Å². The summed E-state index contributed by atoms with van der Waals surface area (Å²) in [5.41, 5.74) is -0.423. The van der Waals surface area contributed by atoms with Gasteiger partial charge in [0, 0.05) is 18.3 Å². The first-order valence-electron chi connectivity index (χ1n) is 8.46. The van der Waals surface area contributed by atoms with Gasteiger partial charge in [-0.2, -0.15) is 8.42 Å². The Bertz CT molecular complexity index is 795. The second-order valence-electron chi connectivity index (χ2n) is 8.17. The van der Waals surface area contributed by atoms with Crippen LogP contribution in [-0.4, -0.2) is 31.4 Å². The zero-order chi connectivity index (χ0) is 17.3. The van der Waals surface area contributed by atoms with Crippen molar-refractivity contribution in [3.8, 4) is 0 Å². The van der Waals surface area contributed by atoms with E-state index in [1.54, 1.807) is 0 Å². The standard InChI is InChI=1S/C17H22N2O4S/c1-16(2)12-5-6-17(16,13(20)8-12)9-24(21,22)23-19-15-11-4-3-10(7-11)14(15)18/h3-4,10-12,18H,5-9H2,1-2H3. The quantitative estimate of drug-likeness (QED) is 0.621. The first kappa shape index (κ1) is 16.0. The fourth-order valence-electron chi connectivity index (χ4n) is 5.16. The average Bonchev–Trinajstić information content (AvgIpc) is 3.17. The van der Waals surface area contributed by atoms with Crippen LogP contribution in [0.4, 0.5) is 0 Å². The summed E-state index contributed by atoms with van der Waals surface area (Å²) in [5, 5.41) is 11.8. The fourth-order valence-corrected chi connectivity index (χ4v) is 6.68. The third-order valence-corrected chi connectivity index (χ3v) is 8.04. The molecule has 4 unspecified atom stereocenters. The molecule has 0 aromatic rings. The molecule has 1 N–H and O–H groups in total. The minimum Gasteiger partial charge on any atom is -0.303 e. The van der Waals surface area contributed by atoms with Gasteiger partial charge in [0.1, 0.15) is 17.2 Å². The number of fused-ring (bicyclic) bond motifs is 4. The van der Waals surface area contributed by atoms with Gasteiger partial charge >= 0.3 is 10.1 Å². The van der Waals surface area contributed by atoms with E-state index in [2.05, 4.69) is 5.16 Å². The first-order valence-corrected chi connectivity index (χ1v) is 10.0. The van der Waals surface area contributed by atoms with Crippen LogP contribution in [0.15, 0.2) is 17.3 Å². The van der Waals surface area contributed by atoms with Gasteiger partial charge < -0.3 is 5.41 Å². The van der Waals surface area contributed by atoms with Crippen LogP contribution >= 0.6 is 0 Å². The molecule has 24 heavy (non-hydrogen) atoms. The van der Waals surface area contributed by atoms with Crippen molar-refractivity contribution in [2.45, 2.75) is 39.5 Å². The lowest BCUT2D eigenvalue weighted by Gasteiger charge is -2.35. The number of nitrogens with one attached hydrogen (secondary N) is 1. The number of rotatable bonds is 4. The molecule has 3 saturated carbocycles. The maximum absolute atomic E-state index is 12.5. The molecule has 0 aromatic heterocycles. The summed E-state index contributed by atoms with van der Waals surface area (Å²) in [4.78, 5) is 12.5. The summed E-state index contributed by atoms with van der Waals surface area (Å²) in [5.74, 6) is 0.00607. The van der Waals surface area contributed by atoms with Gasteiger partial charge in [-0.1, -0.05) is 31.2 Å². The van der Waals surface area contributed by atoms with Gasteiger partial charge in [0.25, 0.3) is 0 Å². The predicted molar refractivity (Wildman–Crippen MR) is 89.3 cm³/mol. The Balaban J connectivity index is 1.56. The Morgan fingerprint density at radius 3 is 2.58 bits per heavy atom. The minimum atomic E-state index is -3.97. The van der Waals surface area contributed by atoms with Crippen LogP contribution < -0.4 is 0 Å². The third kappa shape index (κ3) is 2.00. The molecule has 0 aliphatic heterocycles. The monoisotopic (exact) mass is 350 g/mol. The van der Waals surface area contributed by atoms with Crippen LogP contribution in [0, 0.1) is 34.0 Å². The average molecular weight is 350 g/mol. The van der Waals surface area contributed by atoms with E-state index < -0.39 is 15.5 Å². The molecule has 0 heterocycles. The molecule has 0 radical (unpaired) electrons. The highest BCUT2D eigenvalue weighted by Gasteiger charge is 2.65. The number of hydrogen-bond acceptors (Lipinski definition) is 6. The Labute approximate surface area is 142 Å². The SMILES string of the molecule is CC1(C)C2CCC1(CS(=O)(=O)ON=C1C(=N)C3C=CC1C3)C(=O)C2. The smallest absolute Gasteiger partial charge is 0.303 e. The second kappa shape index (κ2) is 4.77. The summed E-state index contributed by atoms with van der Waals surface area (Å²) in [6, 6.07) is 0. The van der Waals surface area contributed by atoms with Crippen LogP contribution in [0.2, 0.25) is 0 Å². The lowest BCUT2D eigenvalue weighted by Crippen LogP contribution is -2.42. The number of allylic oxidation sites excluding steroid dienone is 2. The van der Waals surface area contributed by atoms with Crippen LogP contribution in [0.3, 0.4) is 0 Å². The molecular weight excluding hydrogens is 328 g/mol. The molecule has 4 aliphatic rings. The number of carbonyl (C=O) groups excluding carboxylic acids is 1. The van der Waals surface area contributed by atoms with E-state index in [-0.39, 0.29) is 34.7 Å². The van der Waals surface area contributed by atoms with E-state index in [1.165, 1.54) is 0 Å². The first-order chi connectivity index (χ1) is 11.2. The molecule has 4 atom stereocenters. The lowest BCUT2D eigenvalue weighted by atomic mass is 9.70. The van der Waals surface area contributed by atoms with Gasteiger partial charge in [-0.3, -0.25) is 9.08 Å². The van der Waals surface area contributed by atoms with E-state index in [4.69, 9.17) is 9.69 Å². The number of nitrogens with zero attached hydrogens (tertiary/aromatic N) is 1. The molecular formula is C17H22N2O4S. The van der Waals surface area contributed by atoms with Crippen molar-refractivity contribution in [2.24, 2.45) is 33.7 Å². The predicted octanol–water partition coefficient (Wildman–Crippen LogP) is 2.31. The summed E-state index contributed by atoms with van der Waals surface area (Å²) in [6.07, 6.45) is 6.64. The maximum Gasteiger partial charge on any atom is 0.329 e. The van der Waals surface area contributed by atoms with Crippen molar-refractivity contribution in [3.63, 3.8) is 0 Å². The van der Waals surface area contributed by atoms with Crippen molar-refractivity contribution in [1.29, 1.82) is 5.41 Å². The topological polar surface area (TPSA) is 96.7 Å². The van der Waals surface area contributed by atoms with Gasteiger partial charge in [-0.05, 0) is 30.6 Å². The normalized spacial score (nSPS) is 40.9. The van der Waals surface area contributed by atoms with E-state index in [1.807, 2.05) is 26.0 Å². The summed E-state index contributed by atoms with van der Waals surface area (Å²) in [6.45, 7) is 3.99. The lowest BCUT2D eigenvalue weighted by molar-refractivity contribution is -0.128. The highest BCUT2D eigenvalue weighted by atomic mass is 32.2. The highest BCUT2D eigenvalue weighted by molar-refractivity contribution is 7.86. The Kier molecular flexibility index (Phi) is 3.18. The van der Waals surface area contributed by atoms with E-state index in [0.717, 1.165) is 12.8 Å². The number of oxime groups is 1. The second-order valence-corrected chi connectivity index (χ2v) is 9.72.